The van der Waals surface area contributed by atoms with Crippen molar-refractivity contribution in [2.45, 2.75) is 24.7 Å². The van der Waals surface area contributed by atoms with Gasteiger partial charge in [0.1, 0.15) is 0 Å². The van der Waals surface area contributed by atoms with Gasteiger partial charge in [0, 0.05) is 36.6 Å². The Morgan fingerprint density at radius 1 is 1.12 bits per heavy atom. The van der Waals surface area contributed by atoms with Gasteiger partial charge in [-0.2, -0.15) is 0 Å². The summed E-state index contributed by atoms with van der Waals surface area (Å²) in [6.07, 6.45) is 2.77. The summed E-state index contributed by atoms with van der Waals surface area (Å²) in [7, 11) is 0. The number of likely N-dealkylation sites (tertiary alicyclic amines) is 1. The van der Waals surface area contributed by atoms with Crippen LogP contribution in [-0.4, -0.2) is 53.7 Å². The largest absolute Gasteiger partial charge is 0.481 e. The van der Waals surface area contributed by atoms with Crippen LogP contribution in [0.2, 0.25) is 0 Å². The van der Waals surface area contributed by atoms with Crippen LogP contribution in [0.1, 0.15) is 19.8 Å². The SMILES string of the molecule is CSc1ccc(N2CC(C(=O)N3CC(C)CC(C(=O)O)C3)CC2=O)cc1. The number of carbonyl (C=O) groups excluding carboxylic acids is 2. The molecule has 0 bridgehead atoms. The molecule has 0 spiro atoms. The topological polar surface area (TPSA) is 77.9 Å². The van der Waals surface area contributed by atoms with E-state index in [9.17, 15) is 19.5 Å². The number of carboxylic acid groups (broad SMARTS) is 1. The van der Waals surface area contributed by atoms with Crippen molar-refractivity contribution in [3.05, 3.63) is 24.3 Å². The maximum atomic E-state index is 12.9. The number of carbonyl (C=O) groups is 3. The second-order valence-electron chi connectivity index (χ2n) is 7.22. The zero-order valence-electron chi connectivity index (χ0n) is 15.1. The van der Waals surface area contributed by atoms with Crippen molar-refractivity contribution in [1.82, 2.24) is 4.90 Å². The van der Waals surface area contributed by atoms with E-state index in [1.165, 1.54) is 0 Å². The van der Waals surface area contributed by atoms with Gasteiger partial charge in [0.25, 0.3) is 0 Å². The number of anilines is 1. The van der Waals surface area contributed by atoms with E-state index in [2.05, 4.69) is 0 Å². The van der Waals surface area contributed by atoms with Crippen LogP contribution in [0.4, 0.5) is 5.69 Å². The third kappa shape index (κ3) is 3.87. The fraction of sp³-hybridized carbons (Fsp3) is 0.526. The molecule has 0 radical (unpaired) electrons. The first kappa shape index (κ1) is 18.8. The molecule has 26 heavy (non-hydrogen) atoms. The van der Waals surface area contributed by atoms with Crippen molar-refractivity contribution in [2.75, 3.05) is 30.8 Å². The minimum Gasteiger partial charge on any atom is -0.481 e. The molecule has 0 aromatic heterocycles. The van der Waals surface area contributed by atoms with E-state index in [1.807, 2.05) is 37.4 Å². The minimum absolute atomic E-state index is 0.0555. The Morgan fingerprint density at radius 3 is 2.42 bits per heavy atom. The van der Waals surface area contributed by atoms with Gasteiger partial charge in [-0.05, 0) is 42.9 Å². The number of rotatable bonds is 4. The average Bonchev–Trinajstić information content (AvgIpc) is 3.02. The van der Waals surface area contributed by atoms with E-state index in [1.54, 1.807) is 21.6 Å². The van der Waals surface area contributed by atoms with Gasteiger partial charge in [0.05, 0.1) is 11.8 Å². The Balaban J connectivity index is 1.69. The first-order valence-corrected chi connectivity index (χ1v) is 10.1. The molecule has 140 valence electrons. The number of nitrogens with zero attached hydrogens (tertiary/aromatic N) is 2. The van der Waals surface area contributed by atoms with Gasteiger partial charge in [-0.15, -0.1) is 11.8 Å². The predicted molar refractivity (Wildman–Crippen MR) is 100 cm³/mol. The van der Waals surface area contributed by atoms with E-state index in [-0.39, 0.29) is 30.7 Å². The average molecular weight is 376 g/mol. The number of hydrogen-bond acceptors (Lipinski definition) is 4. The second kappa shape index (κ2) is 7.70. The first-order valence-electron chi connectivity index (χ1n) is 8.85. The van der Waals surface area contributed by atoms with Crippen LogP contribution in [0.25, 0.3) is 0 Å². The molecular formula is C19H24N2O4S. The molecule has 2 heterocycles. The highest BCUT2D eigenvalue weighted by Crippen LogP contribution is 2.30. The summed E-state index contributed by atoms with van der Waals surface area (Å²) in [4.78, 5) is 41.1. The monoisotopic (exact) mass is 376 g/mol. The lowest BCUT2D eigenvalue weighted by Crippen LogP contribution is -2.48. The second-order valence-corrected chi connectivity index (χ2v) is 8.10. The maximum absolute atomic E-state index is 12.9. The summed E-state index contributed by atoms with van der Waals surface area (Å²) in [6, 6.07) is 7.73. The van der Waals surface area contributed by atoms with Crippen LogP contribution >= 0.6 is 11.8 Å². The zero-order chi connectivity index (χ0) is 18.8. The lowest BCUT2D eigenvalue weighted by Gasteiger charge is -2.36. The first-order chi connectivity index (χ1) is 12.4. The molecule has 1 aromatic rings. The van der Waals surface area contributed by atoms with Crippen molar-refractivity contribution in [1.29, 1.82) is 0 Å². The Hall–Kier alpha value is -2.02. The van der Waals surface area contributed by atoms with E-state index < -0.39 is 17.8 Å². The third-order valence-electron chi connectivity index (χ3n) is 5.18. The molecule has 0 saturated carbocycles. The molecule has 2 aliphatic heterocycles. The number of hydrogen-bond donors (Lipinski definition) is 1. The van der Waals surface area contributed by atoms with Crippen molar-refractivity contribution in [3.63, 3.8) is 0 Å². The molecule has 2 saturated heterocycles. The lowest BCUT2D eigenvalue weighted by molar-refractivity contribution is -0.148. The number of piperidine rings is 1. The quantitative estimate of drug-likeness (QED) is 0.816. The summed E-state index contributed by atoms with van der Waals surface area (Å²) in [6.45, 7) is 3.13. The van der Waals surface area contributed by atoms with Crippen molar-refractivity contribution >= 4 is 35.2 Å². The Labute approximate surface area is 157 Å². The molecule has 0 aliphatic carbocycles. The molecule has 2 fully saturated rings. The van der Waals surface area contributed by atoms with Crippen molar-refractivity contribution in [2.24, 2.45) is 17.8 Å². The number of thioether (sulfide) groups is 1. The fourth-order valence-corrected chi connectivity index (χ4v) is 4.26. The van der Waals surface area contributed by atoms with Crippen LogP contribution in [0, 0.1) is 17.8 Å². The van der Waals surface area contributed by atoms with Gasteiger partial charge in [0.2, 0.25) is 11.8 Å². The maximum Gasteiger partial charge on any atom is 0.308 e. The van der Waals surface area contributed by atoms with Gasteiger partial charge in [-0.3, -0.25) is 14.4 Å². The minimum atomic E-state index is -0.854. The Morgan fingerprint density at radius 2 is 1.81 bits per heavy atom. The summed E-state index contributed by atoms with van der Waals surface area (Å²) >= 11 is 1.64. The molecule has 1 aromatic carbocycles. The number of amides is 2. The van der Waals surface area contributed by atoms with E-state index >= 15 is 0 Å². The highest BCUT2D eigenvalue weighted by Gasteiger charge is 2.40. The summed E-state index contributed by atoms with van der Waals surface area (Å²) < 4.78 is 0. The fourth-order valence-electron chi connectivity index (χ4n) is 3.85. The predicted octanol–water partition coefficient (Wildman–Crippen LogP) is 2.33. The summed E-state index contributed by atoms with van der Waals surface area (Å²) in [5.74, 6) is -1.77. The van der Waals surface area contributed by atoms with E-state index in [0.29, 0.717) is 19.5 Å². The molecule has 1 N–H and O–H groups in total. The summed E-state index contributed by atoms with van der Waals surface area (Å²) in [5.41, 5.74) is 0.804. The van der Waals surface area contributed by atoms with E-state index in [4.69, 9.17) is 0 Å². The van der Waals surface area contributed by atoms with Crippen LogP contribution < -0.4 is 4.90 Å². The standard InChI is InChI=1S/C19H24N2O4S/c1-12-7-14(19(24)25)10-20(9-12)18(23)13-8-17(22)21(11-13)15-3-5-16(26-2)6-4-15/h3-6,12-14H,7-11H2,1-2H3,(H,24,25). The molecule has 7 heteroatoms. The molecule has 6 nitrogen and oxygen atoms in total. The van der Waals surface area contributed by atoms with Gasteiger partial charge in [-0.1, -0.05) is 6.92 Å². The number of benzene rings is 1. The molecule has 2 aliphatic rings. The van der Waals surface area contributed by atoms with Gasteiger partial charge >= 0.3 is 5.97 Å². The lowest BCUT2D eigenvalue weighted by atomic mass is 9.89. The Bertz CT molecular complexity index is 706. The van der Waals surface area contributed by atoms with Crippen LogP contribution in [0.5, 0.6) is 0 Å². The van der Waals surface area contributed by atoms with Gasteiger partial charge in [0.15, 0.2) is 0 Å². The molecule has 3 atom stereocenters. The van der Waals surface area contributed by atoms with Crippen LogP contribution in [0.3, 0.4) is 0 Å². The summed E-state index contributed by atoms with van der Waals surface area (Å²) in [5, 5.41) is 9.29. The van der Waals surface area contributed by atoms with E-state index in [0.717, 1.165) is 10.6 Å². The van der Waals surface area contributed by atoms with Gasteiger partial charge in [-0.25, -0.2) is 0 Å². The van der Waals surface area contributed by atoms with Crippen molar-refractivity contribution in [3.8, 4) is 0 Å². The van der Waals surface area contributed by atoms with Crippen LogP contribution in [-0.2, 0) is 14.4 Å². The smallest absolute Gasteiger partial charge is 0.308 e. The highest BCUT2D eigenvalue weighted by atomic mass is 32.2. The molecular weight excluding hydrogens is 352 g/mol. The molecule has 3 rings (SSSR count). The number of aliphatic carboxylic acids is 1. The van der Waals surface area contributed by atoms with Crippen LogP contribution in [0.15, 0.2) is 29.2 Å². The normalized spacial score (nSPS) is 26.2. The third-order valence-corrected chi connectivity index (χ3v) is 5.92. The highest BCUT2D eigenvalue weighted by molar-refractivity contribution is 7.98. The molecule has 3 unspecified atom stereocenters. The molecule has 2 amide bonds. The number of carboxylic acids is 1. The Kier molecular flexibility index (Phi) is 5.55. The zero-order valence-corrected chi connectivity index (χ0v) is 15.9. The van der Waals surface area contributed by atoms with Gasteiger partial charge < -0.3 is 14.9 Å². The van der Waals surface area contributed by atoms with Crippen molar-refractivity contribution < 1.29 is 19.5 Å².